The standard InChI is InChI=1S/C39H56N8O5S/c1-53(51,52)33-11-9-29(10-12-33)25-43-20-15-39(16-21-43)24-36(48)46-27-32(47-26-30(41-42-47)22-28-6-3-2-4-7-28)23-35(46)38(50)44-18-13-31(14-19-44)45-17-5-8-34(45)37(49)40-39/h9-12,26,28,31-32,34-35H,2-8,13-25,27H2,1H3,(H,40,49)/t32-,34-,35-/m0/s1. The molecule has 1 spiro atoms. The zero-order chi connectivity index (χ0) is 36.7. The van der Waals surface area contributed by atoms with Crippen molar-refractivity contribution in [2.45, 2.75) is 131 Å². The van der Waals surface area contributed by atoms with Gasteiger partial charge in [-0.25, -0.2) is 13.1 Å². The molecule has 1 N–H and O–H groups in total. The summed E-state index contributed by atoms with van der Waals surface area (Å²) in [5, 5.41) is 12.6. The molecule has 1 aliphatic carbocycles. The molecule has 7 heterocycles. The second kappa shape index (κ2) is 15.1. The number of amides is 3. The maximum Gasteiger partial charge on any atom is 0.245 e. The van der Waals surface area contributed by atoms with E-state index in [0.29, 0.717) is 69.3 Å². The van der Waals surface area contributed by atoms with Gasteiger partial charge < -0.3 is 15.1 Å². The van der Waals surface area contributed by atoms with Gasteiger partial charge in [-0.15, -0.1) is 5.10 Å². The first kappa shape index (κ1) is 36.6. The fraction of sp³-hybridized carbons (Fsp3) is 0.718. The summed E-state index contributed by atoms with van der Waals surface area (Å²) in [6.45, 7) is 4.58. The van der Waals surface area contributed by atoms with Gasteiger partial charge in [0.25, 0.3) is 0 Å². The smallest absolute Gasteiger partial charge is 0.245 e. The maximum absolute atomic E-state index is 14.6. The number of carbonyl (C=O) groups is 3. The van der Waals surface area contributed by atoms with Crippen LogP contribution in [0.4, 0.5) is 0 Å². The number of aromatic nitrogens is 3. The molecule has 13 nitrogen and oxygen atoms in total. The molecule has 9 rings (SSSR count). The maximum atomic E-state index is 14.6. The lowest BCUT2D eigenvalue weighted by molar-refractivity contribution is -0.147. The number of rotatable bonds is 6. The summed E-state index contributed by atoms with van der Waals surface area (Å²) in [7, 11) is -3.27. The van der Waals surface area contributed by atoms with Gasteiger partial charge in [0.15, 0.2) is 9.84 Å². The topological polar surface area (TPSA) is 141 Å². The first-order valence-corrected chi connectivity index (χ1v) is 22.0. The van der Waals surface area contributed by atoms with E-state index >= 15 is 0 Å². The Labute approximate surface area is 313 Å². The van der Waals surface area contributed by atoms with Crippen LogP contribution < -0.4 is 5.32 Å². The van der Waals surface area contributed by atoms with Crippen LogP contribution >= 0.6 is 0 Å². The van der Waals surface area contributed by atoms with Crippen LogP contribution in [0.1, 0.15) is 101 Å². The van der Waals surface area contributed by atoms with Crippen molar-refractivity contribution in [1.82, 2.24) is 39.9 Å². The van der Waals surface area contributed by atoms with Gasteiger partial charge in [-0.2, -0.15) is 0 Å². The third-order valence-electron chi connectivity index (χ3n) is 13.3. The highest BCUT2D eigenvalue weighted by atomic mass is 32.2. The Morgan fingerprint density at radius 3 is 2.30 bits per heavy atom. The fourth-order valence-electron chi connectivity index (χ4n) is 10.2. The molecule has 3 amide bonds. The van der Waals surface area contributed by atoms with E-state index in [4.69, 9.17) is 0 Å². The minimum absolute atomic E-state index is 0.0274. The van der Waals surface area contributed by atoms with Gasteiger partial charge >= 0.3 is 0 Å². The average molecular weight is 749 g/mol. The molecule has 3 atom stereocenters. The predicted molar refractivity (Wildman–Crippen MR) is 198 cm³/mol. The molecule has 53 heavy (non-hydrogen) atoms. The summed E-state index contributed by atoms with van der Waals surface area (Å²) >= 11 is 0. The Hall–Kier alpha value is -3.36. The Morgan fingerprint density at radius 1 is 0.849 bits per heavy atom. The number of piperidine rings is 2. The quantitative estimate of drug-likeness (QED) is 0.473. The normalized spacial score (nSPS) is 28.3. The first-order chi connectivity index (χ1) is 25.5. The zero-order valence-corrected chi connectivity index (χ0v) is 32.0. The van der Waals surface area contributed by atoms with Crippen LogP contribution in [0, 0.1) is 5.92 Å². The molecule has 7 aliphatic rings. The van der Waals surface area contributed by atoms with Gasteiger partial charge in [-0.1, -0.05) is 49.5 Å². The minimum atomic E-state index is -3.27. The lowest BCUT2D eigenvalue weighted by Crippen LogP contribution is -2.62. The summed E-state index contributed by atoms with van der Waals surface area (Å²) in [4.78, 5) is 52.0. The van der Waals surface area contributed by atoms with Crippen molar-refractivity contribution >= 4 is 27.6 Å². The van der Waals surface area contributed by atoms with Crippen molar-refractivity contribution in [1.29, 1.82) is 0 Å². The number of nitrogens with one attached hydrogen (secondary N) is 1. The van der Waals surface area contributed by atoms with Gasteiger partial charge in [0.05, 0.1) is 34.6 Å². The Kier molecular flexibility index (Phi) is 10.4. The molecule has 1 aromatic heterocycles. The zero-order valence-electron chi connectivity index (χ0n) is 31.2. The number of benzene rings is 1. The van der Waals surface area contributed by atoms with E-state index in [-0.39, 0.29) is 42.3 Å². The number of hydrogen-bond donors (Lipinski definition) is 1. The van der Waals surface area contributed by atoms with Crippen LogP contribution in [0.15, 0.2) is 35.4 Å². The average Bonchev–Trinajstić information content (AvgIpc) is 3.93. The van der Waals surface area contributed by atoms with E-state index in [2.05, 4.69) is 25.4 Å². The number of carbonyl (C=O) groups excluding carboxylic acids is 3. The number of hydrogen-bond acceptors (Lipinski definition) is 9. The number of sulfone groups is 1. The van der Waals surface area contributed by atoms with Crippen molar-refractivity contribution < 1.29 is 22.8 Å². The first-order valence-electron chi connectivity index (χ1n) is 20.1. The summed E-state index contributed by atoms with van der Waals surface area (Å²) in [5.41, 5.74) is 1.28. The van der Waals surface area contributed by atoms with E-state index in [0.717, 1.165) is 49.9 Å². The second-order valence-electron chi connectivity index (χ2n) is 16.9. The third kappa shape index (κ3) is 7.91. The summed E-state index contributed by atoms with van der Waals surface area (Å²) in [5.74, 6) is 0.615. The monoisotopic (exact) mass is 748 g/mol. The van der Waals surface area contributed by atoms with Crippen LogP contribution in [0.5, 0.6) is 0 Å². The molecule has 288 valence electrons. The van der Waals surface area contributed by atoms with Crippen LogP contribution in [-0.2, 0) is 37.2 Å². The van der Waals surface area contributed by atoms with Crippen molar-refractivity contribution in [3.8, 4) is 0 Å². The van der Waals surface area contributed by atoms with Crippen LogP contribution in [0.2, 0.25) is 0 Å². The molecule has 6 saturated heterocycles. The van der Waals surface area contributed by atoms with Crippen molar-refractivity contribution in [3.05, 3.63) is 41.7 Å². The van der Waals surface area contributed by atoms with Gasteiger partial charge in [0.2, 0.25) is 17.7 Å². The van der Waals surface area contributed by atoms with Gasteiger partial charge in [0, 0.05) is 64.2 Å². The Bertz CT molecular complexity index is 1760. The Morgan fingerprint density at radius 2 is 1.58 bits per heavy atom. The van der Waals surface area contributed by atoms with E-state index < -0.39 is 21.4 Å². The molecule has 0 unspecified atom stereocenters. The minimum Gasteiger partial charge on any atom is -0.349 e. The van der Waals surface area contributed by atoms with Gasteiger partial charge in [0.1, 0.15) is 6.04 Å². The van der Waals surface area contributed by atoms with Crippen LogP contribution in [0.25, 0.3) is 0 Å². The molecule has 2 aromatic rings. The highest BCUT2D eigenvalue weighted by Gasteiger charge is 2.48. The van der Waals surface area contributed by atoms with E-state index in [1.54, 1.807) is 17.0 Å². The predicted octanol–water partition coefficient (Wildman–Crippen LogP) is 2.96. The second-order valence-corrected chi connectivity index (χ2v) is 19.0. The molecule has 14 heteroatoms. The van der Waals surface area contributed by atoms with Crippen LogP contribution in [-0.4, -0.2) is 130 Å². The van der Waals surface area contributed by atoms with Crippen molar-refractivity contribution in [3.63, 3.8) is 0 Å². The molecule has 1 saturated carbocycles. The van der Waals surface area contributed by atoms with E-state index in [1.807, 2.05) is 27.9 Å². The molecule has 2 bridgehead atoms. The molecule has 7 fully saturated rings. The fourth-order valence-corrected chi connectivity index (χ4v) is 10.9. The number of nitrogens with zero attached hydrogens (tertiary/aromatic N) is 7. The van der Waals surface area contributed by atoms with E-state index in [9.17, 15) is 22.8 Å². The SMILES string of the molecule is CS(=O)(=O)c1ccc(CN2CCC3(CC2)CC(=O)N2C[C@@H](n4cc(CC5CCCCC5)nn4)C[C@H]2C(=O)N2CCC(CC2)N2CCC[C@H]2C(=O)N3)cc1. The molecule has 1 aromatic carbocycles. The summed E-state index contributed by atoms with van der Waals surface area (Å²) in [6, 6.07) is 6.37. The van der Waals surface area contributed by atoms with Crippen molar-refractivity contribution in [2.75, 3.05) is 45.5 Å². The lowest BCUT2D eigenvalue weighted by Gasteiger charge is -2.45. The highest BCUT2D eigenvalue weighted by molar-refractivity contribution is 7.90. The Balaban J connectivity index is 1.03. The van der Waals surface area contributed by atoms with E-state index in [1.165, 1.54) is 38.4 Å². The summed E-state index contributed by atoms with van der Waals surface area (Å²) in [6.07, 6.45) is 15.8. The largest absolute Gasteiger partial charge is 0.349 e. The molecule has 6 aliphatic heterocycles. The van der Waals surface area contributed by atoms with Gasteiger partial charge in [-0.05, 0) is 75.1 Å². The third-order valence-corrected chi connectivity index (χ3v) is 14.5. The van der Waals surface area contributed by atoms with Gasteiger partial charge in [-0.3, -0.25) is 24.2 Å². The molecular formula is C39H56N8O5S. The number of likely N-dealkylation sites (tertiary alicyclic amines) is 1. The number of fused-ring (bicyclic) bond motifs is 4. The highest BCUT2D eigenvalue weighted by Crippen LogP contribution is 2.36. The summed E-state index contributed by atoms with van der Waals surface area (Å²) < 4.78 is 25.9. The van der Waals surface area contributed by atoms with Crippen LogP contribution in [0.3, 0.4) is 0 Å². The lowest BCUT2D eigenvalue weighted by atomic mass is 9.83. The molecular weight excluding hydrogens is 693 g/mol. The molecule has 0 radical (unpaired) electrons. The van der Waals surface area contributed by atoms with Crippen molar-refractivity contribution in [2.24, 2.45) is 5.92 Å².